The van der Waals surface area contributed by atoms with E-state index in [1.807, 2.05) is 0 Å². The van der Waals surface area contributed by atoms with Crippen molar-refractivity contribution in [2.24, 2.45) is 0 Å². The minimum atomic E-state index is -0.275. The Morgan fingerprint density at radius 1 is 1.24 bits per heavy atom. The molecule has 0 aromatic heterocycles. The van der Waals surface area contributed by atoms with Gasteiger partial charge in [0.1, 0.15) is 12.4 Å². The molecule has 1 amide bonds. The quantitative estimate of drug-likeness (QED) is 0.802. The zero-order valence-corrected chi connectivity index (χ0v) is 12.6. The molecule has 0 heterocycles. The average molecular weight is 322 g/mol. The lowest BCUT2D eigenvalue weighted by atomic mass is 10.2. The van der Waals surface area contributed by atoms with Gasteiger partial charge in [0.15, 0.2) is 0 Å². The second kappa shape index (κ2) is 7.16. The lowest BCUT2D eigenvalue weighted by molar-refractivity contribution is 0.102. The molecule has 0 saturated carbocycles. The molecule has 5 heteroatoms. The molecule has 2 rings (SSSR count). The van der Waals surface area contributed by atoms with Gasteiger partial charge in [-0.25, -0.2) is 0 Å². The van der Waals surface area contributed by atoms with Crippen LogP contribution < -0.4 is 10.1 Å². The van der Waals surface area contributed by atoms with Gasteiger partial charge in [0.2, 0.25) is 0 Å². The smallest absolute Gasteiger partial charge is 0.255 e. The van der Waals surface area contributed by atoms with E-state index >= 15 is 0 Å². The molecular formula is C16H13Cl2NO2. The van der Waals surface area contributed by atoms with E-state index in [4.69, 9.17) is 27.9 Å². The molecule has 0 unspecified atom stereocenters. The van der Waals surface area contributed by atoms with E-state index in [9.17, 15) is 4.79 Å². The largest absolute Gasteiger partial charge is 0.490 e. The molecule has 0 spiro atoms. The first kappa shape index (κ1) is 15.4. The van der Waals surface area contributed by atoms with Gasteiger partial charge in [-0.1, -0.05) is 41.9 Å². The Morgan fingerprint density at radius 3 is 2.76 bits per heavy atom. The highest BCUT2D eigenvalue weighted by Crippen LogP contribution is 2.26. The molecule has 0 aliphatic rings. The molecule has 0 aliphatic heterocycles. The van der Waals surface area contributed by atoms with Crippen molar-refractivity contribution in [3.8, 4) is 5.75 Å². The maximum absolute atomic E-state index is 12.2. The predicted octanol–water partition coefficient (Wildman–Crippen LogP) is 4.81. The fraction of sp³-hybridized carbons (Fsp3) is 0.0625. The highest BCUT2D eigenvalue weighted by molar-refractivity contribution is 6.36. The number of carbonyl (C=O) groups excluding carboxylic acids is 1. The van der Waals surface area contributed by atoms with Crippen LogP contribution in [0.3, 0.4) is 0 Å². The van der Waals surface area contributed by atoms with Gasteiger partial charge >= 0.3 is 0 Å². The summed E-state index contributed by atoms with van der Waals surface area (Å²) in [5.74, 6) is 0.327. The molecule has 0 aliphatic carbocycles. The van der Waals surface area contributed by atoms with E-state index in [1.54, 1.807) is 48.5 Å². The summed E-state index contributed by atoms with van der Waals surface area (Å²) in [4.78, 5) is 12.2. The highest BCUT2D eigenvalue weighted by Gasteiger charge is 2.09. The topological polar surface area (TPSA) is 38.3 Å². The summed E-state index contributed by atoms with van der Waals surface area (Å²) in [6.07, 6.45) is 1.64. The second-order valence-electron chi connectivity index (χ2n) is 4.21. The zero-order valence-electron chi connectivity index (χ0n) is 11.1. The van der Waals surface area contributed by atoms with Crippen molar-refractivity contribution in [1.82, 2.24) is 0 Å². The Bertz CT molecular complexity index is 671. The summed E-state index contributed by atoms with van der Waals surface area (Å²) in [7, 11) is 0. The van der Waals surface area contributed by atoms with Crippen molar-refractivity contribution in [3.63, 3.8) is 0 Å². The van der Waals surface area contributed by atoms with Crippen LogP contribution in [0.1, 0.15) is 10.4 Å². The Kier molecular flexibility index (Phi) is 5.26. The summed E-state index contributed by atoms with van der Waals surface area (Å²) in [6, 6.07) is 11.8. The second-order valence-corrected chi connectivity index (χ2v) is 5.05. The van der Waals surface area contributed by atoms with Crippen LogP contribution in [-0.2, 0) is 0 Å². The lowest BCUT2D eigenvalue weighted by Gasteiger charge is -2.09. The summed E-state index contributed by atoms with van der Waals surface area (Å²) in [5.41, 5.74) is 0.978. The average Bonchev–Trinajstić information content (AvgIpc) is 2.48. The van der Waals surface area contributed by atoms with Crippen molar-refractivity contribution in [3.05, 3.63) is 70.7 Å². The van der Waals surface area contributed by atoms with Crippen molar-refractivity contribution >= 4 is 34.8 Å². The van der Waals surface area contributed by atoms with Gasteiger partial charge in [0.05, 0.1) is 10.7 Å². The number of rotatable bonds is 5. The summed E-state index contributed by atoms with van der Waals surface area (Å²) >= 11 is 11.8. The minimum absolute atomic E-state index is 0.275. The Balaban J connectivity index is 2.14. The number of amides is 1. The van der Waals surface area contributed by atoms with Crippen molar-refractivity contribution in [1.29, 1.82) is 0 Å². The molecular weight excluding hydrogens is 309 g/mol. The maximum atomic E-state index is 12.2. The number of carbonyl (C=O) groups is 1. The number of benzene rings is 2. The first-order valence-corrected chi connectivity index (χ1v) is 6.96. The van der Waals surface area contributed by atoms with E-state index in [2.05, 4.69) is 11.9 Å². The Morgan fingerprint density at radius 2 is 2.05 bits per heavy atom. The van der Waals surface area contributed by atoms with Crippen molar-refractivity contribution in [2.45, 2.75) is 0 Å². The molecule has 0 radical (unpaired) electrons. The fourth-order valence-corrected chi connectivity index (χ4v) is 2.12. The Labute approximate surface area is 133 Å². The zero-order chi connectivity index (χ0) is 15.2. The molecule has 2 aromatic carbocycles. The van der Waals surface area contributed by atoms with E-state index in [-0.39, 0.29) is 5.91 Å². The van der Waals surface area contributed by atoms with Crippen LogP contribution in [-0.4, -0.2) is 12.5 Å². The molecule has 0 fully saturated rings. The number of halogens is 2. The van der Waals surface area contributed by atoms with E-state index in [1.165, 1.54) is 0 Å². The molecule has 21 heavy (non-hydrogen) atoms. The summed E-state index contributed by atoms with van der Waals surface area (Å²) in [5, 5.41) is 3.63. The van der Waals surface area contributed by atoms with Crippen LogP contribution in [0.15, 0.2) is 55.1 Å². The highest BCUT2D eigenvalue weighted by atomic mass is 35.5. The third-order valence-electron chi connectivity index (χ3n) is 2.64. The van der Waals surface area contributed by atoms with Crippen LogP contribution in [0.2, 0.25) is 10.0 Å². The van der Waals surface area contributed by atoms with E-state index < -0.39 is 0 Å². The van der Waals surface area contributed by atoms with Crippen LogP contribution in [0, 0.1) is 0 Å². The number of ether oxygens (including phenoxy) is 1. The minimum Gasteiger partial charge on any atom is -0.490 e. The first-order valence-electron chi connectivity index (χ1n) is 6.20. The van der Waals surface area contributed by atoms with Crippen molar-refractivity contribution in [2.75, 3.05) is 11.9 Å². The molecule has 3 nitrogen and oxygen atoms in total. The van der Waals surface area contributed by atoms with Gasteiger partial charge in [-0.15, -0.1) is 0 Å². The van der Waals surface area contributed by atoms with Gasteiger partial charge in [0.25, 0.3) is 5.91 Å². The van der Waals surface area contributed by atoms with Gasteiger partial charge < -0.3 is 10.1 Å². The van der Waals surface area contributed by atoms with E-state index in [0.29, 0.717) is 33.7 Å². The molecule has 0 bridgehead atoms. The molecule has 2 aromatic rings. The van der Waals surface area contributed by atoms with Gasteiger partial charge in [0, 0.05) is 10.6 Å². The SMILES string of the molecule is C=CCOc1cccc(C(=O)Nc2ccc(Cl)cc2Cl)c1. The standard InChI is InChI=1S/C16H13Cl2NO2/c1-2-8-21-13-5-3-4-11(9-13)16(20)19-15-7-6-12(17)10-14(15)18/h2-7,9-10H,1,8H2,(H,19,20). The van der Waals surface area contributed by atoms with Crippen molar-refractivity contribution < 1.29 is 9.53 Å². The molecule has 0 atom stereocenters. The van der Waals surface area contributed by atoms with Crippen LogP contribution >= 0.6 is 23.2 Å². The molecule has 1 N–H and O–H groups in total. The lowest BCUT2D eigenvalue weighted by Crippen LogP contribution is -2.12. The van der Waals surface area contributed by atoms with Crippen LogP contribution in [0.25, 0.3) is 0 Å². The van der Waals surface area contributed by atoms with Crippen LogP contribution in [0.4, 0.5) is 5.69 Å². The molecule has 0 saturated heterocycles. The Hall–Kier alpha value is -1.97. The van der Waals surface area contributed by atoms with Gasteiger partial charge in [-0.3, -0.25) is 4.79 Å². The summed E-state index contributed by atoms with van der Waals surface area (Å²) in [6.45, 7) is 3.96. The molecule has 108 valence electrons. The van der Waals surface area contributed by atoms with Crippen LogP contribution in [0.5, 0.6) is 5.75 Å². The third kappa shape index (κ3) is 4.25. The fourth-order valence-electron chi connectivity index (χ4n) is 1.67. The van der Waals surface area contributed by atoms with Gasteiger partial charge in [-0.05, 0) is 36.4 Å². The number of nitrogens with one attached hydrogen (secondary N) is 1. The van der Waals surface area contributed by atoms with E-state index in [0.717, 1.165) is 0 Å². The third-order valence-corrected chi connectivity index (χ3v) is 3.19. The normalized spacial score (nSPS) is 10.0. The number of anilines is 1. The number of hydrogen-bond acceptors (Lipinski definition) is 2. The van der Waals surface area contributed by atoms with Gasteiger partial charge in [-0.2, -0.15) is 0 Å². The monoisotopic (exact) mass is 321 g/mol. The summed E-state index contributed by atoms with van der Waals surface area (Å²) < 4.78 is 5.39. The predicted molar refractivity (Wildman–Crippen MR) is 86.5 cm³/mol. The maximum Gasteiger partial charge on any atom is 0.255 e. The first-order chi connectivity index (χ1) is 10.1. The number of hydrogen-bond donors (Lipinski definition) is 1.